The van der Waals surface area contributed by atoms with Crippen LogP contribution in [0.25, 0.3) is 0 Å². The number of nitrogens with zero attached hydrogens (tertiary/aromatic N) is 4. The molecule has 2 heterocycles. The standard InChI is InChI=1S/C18H16N4.Co/c1-13(15-9-5-11-19-15)21-17-7-3-4-8-18(17)22-14(2)16-10-6-12-20-16;/h3-12H,1-2H3;/q-2;+2. The second-order valence-electron chi connectivity index (χ2n) is 4.93. The van der Waals surface area contributed by atoms with Crippen molar-refractivity contribution in [3.05, 3.63) is 72.3 Å². The predicted molar refractivity (Wildman–Crippen MR) is 89.7 cm³/mol. The summed E-state index contributed by atoms with van der Waals surface area (Å²) >= 11 is 0. The van der Waals surface area contributed by atoms with Gasteiger partial charge in [0.25, 0.3) is 0 Å². The van der Waals surface area contributed by atoms with Crippen molar-refractivity contribution in [3.8, 4) is 0 Å². The molecule has 3 rings (SSSR count). The van der Waals surface area contributed by atoms with E-state index in [0.29, 0.717) is 0 Å². The Kier molecular flexibility index (Phi) is 5.73. The fraction of sp³-hybridized carbons (Fsp3) is 0.111. The van der Waals surface area contributed by atoms with Crippen molar-refractivity contribution >= 4 is 22.8 Å². The Hall–Kier alpha value is -2.37. The molecule has 2 aromatic heterocycles. The van der Waals surface area contributed by atoms with Gasteiger partial charge in [0.05, 0.1) is 11.4 Å². The normalized spacial score (nSPS) is 12.1. The number of benzene rings is 1. The molecule has 0 spiro atoms. The molecule has 0 fully saturated rings. The van der Waals surface area contributed by atoms with Crippen molar-refractivity contribution in [2.75, 3.05) is 0 Å². The van der Waals surface area contributed by atoms with Gasteiger partial charge in [0, 0.05) is 11.4 Å². The summed E-state index contributed by atoms with van der Waals surface area (Å²) in [6.07, 6.45) is 3.53. The molecule has 117 valence electrons. The number of hydrogen-bond donors (Lipinski definition) is 0. The molecule has 0 saturated carbocycles. The van der Waals surface area contributed by atoms with Crippen molar-refractivity contribution < 1.29 is 16.8 Å². The Balaban J connectivity index is 0.00000192. The Labute approximate surface area is 146 Å². The molecule has 0 aliphatic carbocycles. The van der Waals surface area contributed by atoms with Crippen molar-refractivity contribution in [2.45, 2.75) is 13.8 Å². The molecule has 0 aliphatic rings. The summed E-state index contributed by atoms with van der Waals surface area (Å²) in [5.74, 6) is 0. The monoisotopic (exact) mass is 347 g/mol. The molecule has 0 saturated heterocycles. The summed E-state index contributed by atoms with van der Waals surface area (Å²) < 4.78 is 0. The van der Waals surface area contributed by atoms with Gasteiger partial charge in [-0.3, -0.25) is 9.98 Å². The van der Waals surface area contributed by atoms with Crippen LogP contribution in [-0.4, -0.2) is 11.4 Å². The SMILES string of the molecule is CC(=Nc1ccccc1N=C(C)c1ccc[n-]1)c1ccc[n-]1.[Co+2]. The van der Waals surface area contributed by atoms with Crippen LogP contribution in [0, 0.1) is 0 Å². The number of hydrogen-bond acceptors (Lipinski definition) is 2. The minimum atomic E-state index is 0. The molecular formula is C18H16CoN4. The van der Waals surface area contributed by atoms with Crippen molar-refractivity contribution in [1.29, 1.82) is 0 Å². The van der Waals surface area contributed by atoms with E-state index in [-0.39, 0.29) is 16.8 Å². The molecule has 3 aromatic rings. The first kappa shape index (κ1) is 17.0. The van der Waals surface area contributed by atoms with E-state index in [1.54, 1.807) is 12.4 Å². The van der Waals surface area contributed by atoms with Crippen molar-refractivity contribution in [3.63, 3.8) is 0 Å². The molecular weight excluding hydrogens is 331 g/mol. The largest absolute Gasteiger partial charge is 2.00 e. The fourth-order valence-corrected chi connectivity index (χ4v) is 2.16. The summed E-state index contributed by atoms with van der Waals surface area (Å²) in [5, 5.41) is 0. The minimum absolute atomic E-state index is 0. The zero-order chi connectivity index (χ0) is 15.4. The Morgan fingerprint density at radius 2 is 1.13 bits per heavy atom. The van der Waals surface area contributed by atoms with E-state index in [2.05, 4.69) is 20.0 Å². The van der Waals surface area contributed by atoms with Gasteiger partial charge in [-0.2, -0.15) is 12.4 Å². The topological polar surface area (TPSA) is 52.9 Å². The van der Waals surface area contributed by atoms with Crippen LogP contribution in [0.2, 0.25) is 0 Å². The average Bonchev–Trinajstić information content (AvgIpc) is 3.23. The van der Waals surface area contributed by atoms with E-state index in [1.165, 1.54) is 0 Å². The van der Waals surface area contributed by atoms with Gasteiger partial charge in [-0.25, -0.2) is 0 Å². The van der Waals surface area contributed by atoms with Gasteiger partial charge in [-0.15, -0.1) is 11.4 Å². The van der Waals surface area contributed by atoms with Crippen LogP contribution in [0.5, 0.6) is 0 Å². The van der Waals surface area contributed by atoms with Gasteiger partial charge in [-0.1, -0.05) is 36.4 Å². The molecule has 0 amide bonds. The number of aliphatic imine (C=N–C) groups is 2. The van der Waals surface area contributed by atoms with Crippen molar-refractivity contribution in [1.82, 2.24) is 9.97 Å². The zero-order valence-corrected chi connectivity index (χ0v) is 13.9. The smallest absolute Gasteiger partial charge is 0.663 e. The summed E-state index contributed by atoms with van der Waals surface area (Å²) in [7, 11) is 0. The quantitative estimate of drug-likeness (QED) is 0.673. The van der Waals surface area contributed by atoms with Crippen molar-refractivity contribution in [2.24, 2.45) is 9.98 Å². The first-order chi connectivity index (χ1) is 10.7. The van der Waals surface area contributed by atoms with E-state index in [1.807, 2.05) is 62.4 Å². The summed E-state index contributed by atoms with van der Waals surface area (Å²) in [5.41, 5.74) is 5.16. The molecule has 0 bridgehead atoms. The molecule has 1 radical (unpaired) electrons. The Bertz CT molecular complexity index is 730. The maximum atomic E-state index is 4.66. The third-order valence-corrected chi connectivity index (χ3v) is 3.31. The first-order valence-electron chi connectivity index (χ1n) is 7.10. The molecule has 1 aromatic carbocycles. The Morgan fingerprint density at radius 3 is 1.48 bits per heavy atom. The van der Waals surface area contributed by atoms with Crippen LogP contribution in [0.4, 0.5) is 11.4 Å². The zero-order valence-electron chi connectivity index (χ0n) is 12.9. The molecule has 5 heteroatoms. The van der Waals surface area contributed by atoms with Gasteiger partial charge < -0.3 is 9.97 Å². The summed E-state index contributed by atoms with van der Waals surface area (Å²) in [6.45, 7) is 3.91. The van der Waals surface area contributed by atoms with E-state index in [9.17, 15) is 0 Å². The van der Waals surface area contributed by atoms with E-state index in [4.69, 9.17) is 0 Å². The van der Waals surface area contributed by atoms with Crippen LogP contribution in [-0.2, 0) is 16.8 Å². The molecule has 4 nitrogen and oxygen atoms in total. The second kappa shape index (κ2) is 7.76. The third kappa shape index (κ3) is 4.09. The van der Waals surface area contributed by atoms with Gasteiger partial charge in [0.2, 0.25) is 0 Å². The van der Waals surface area contributed by atoms with E-state index < -0.39 is 0 Å². The van der Waals surface area contributed by atoms with Gasteiger partial charge in [0.1, 0.15) is 0 Å². The predicted octanol–water partition coefficient (Wildman–Crippen LogP) is 3.88. The molecule has 0 N–H and O–H groups in total. The summed E-state index contributed by atoms with van der Waals surface area (Å²) in [6, 6.07) is 15.5. The van der Waals surface area contributed by atoms with E-state index >= 15 is 0 Å². The Morgan fingerprint density at radius 1 is 0.696 bits per heavy atom. The number of para-hydroxylation sites is 2. The molecule has 0 aliphatic heterocycles. The van der Waals surface area contributed by atoms with Crippen LogP contribution in [0.1, 0.15) is 25.2 Å². The number of aromatic nitrogens is 2. The van der Waals surface area contributed by atoms with Crippen LogP contribution < -0.4 is 9.97 Å². The maximum absolute atomic E-state index is 4.66. The average molecular weight is 347 g/mol. The molecule has 23 heavy (non-hydrogen) atoms. The molecule has 0 unspecified atom stereocenters. The fourth-order valence-electron chi connectivity index (χ4n) is 2.16. The minimum Gasteiger partial charge on any atom is -0.663 e. The van der Waals surface area contributed by atoms with Gasteiger partial charge in [-0.05, 0) is 26.0 Å². The second-order valence-corrected chi connectivity index (χ2v) is 4.93. The van der Waals surface area contributed by atoms with Crippen LogP contribution >= 0.6 is 0 Å². The summed E-state index contributed by atoms with van der Waals surface area (Å²) in [4.78, 5) is 17.9. The number of rotatable bonds is 4. The van der Waals surface area contributed by atoms with Crippen LogP contribution in [0.3, 0.4) is 0 Å². The van der Waals surface area contributed by atoms with Gasteiger partial charge in [0.15, 0.2) is 0 Å². The van der Waals surface area contributed by atoms with Gasteiger partial charge >= 0.3 is 16.8 Å². The third-order valence-electron chi connectivity index (χ3n) is 3.31. The first-order valence-corrected chi connectivity index (χ1v) is 7.10. The maximum Gasteiger partial charge on any atom is 2.00 e. The van der Waals surface area contributed by atoms with E-state index in [0.717, 1.165) is 34.2 Å². The van der Waals surface area contributed by atoms with Crippen LogP contribution in [0.15, 0.2) is 70.9 Å². The molecule has 0 atom stereocenters.